The van der Waals surface area contributed by atoms with Gasteiger partial charge in [-0.25, -0.2) is 8.78 Å². The van der Waals surface area contributed by atoms with Gasteiger partial charge in [-0.1, -0.05) is 0 Å². The maximum absolute atomic E-state index is 13.0. The summed E-state index contributed by atoms with van der Waals surface area (Å²) in [5.74, 6) is -3.11. The minimum absolute atomic E-state index is 0.169. The van der Waals surface area contributed by atoms with Crippen molar-refractivity contribution in [3.63, 3.8) is 0 Å². The zero-order valence-corrected chi connectivity index (χ0v) is 12.0. The van der Waals surface area contributed by atoms with Crippen molar-refractivity contribution in [3.05, 3.63) is 0 Å². The predicted octanol–water partition coefficient (Wildman–Crippen LogP) is 0.211. The largest absolute Gasteiger partial charge is 0.373 e. The van der Waals surface area contributed by atoms with Gasteiger partial charge in [-0.3, -0.25) is 15.0 Å². The number of morpholine rings is 1. The van der Waals surface area contributed by atoms with Crippen LogP contribution < -0.4 is 10.6 Å². The molecular weight excluding hydrogens is 268 g/mol. The molecule has 1 amide bonds. The number of hydrogen-bond donors (Lipinski definition) is 2. The lowest BCUT2D eigenvalue weighted by Crippen LogP contribution is -2.51. The Hall–Kier alpha value is -0.790. The molecule has 0 aromatic carbocycles. The van der Waals surface area contributed by atoms with E-state index >= 15 is 0 Å². The van der Waals surface area contributed by atoms with E-state index < -0.39 is 24.9 Å². The number of amides is 1. The first-order chi connectivity index (χ1) is 9.27. The first kappa shape index (κ1) is 15.6. The number of carbonyl (C=O) groups excluding carboxylic acids is 1. The molecule has 0 radical (unpaired) electrons. The van der Waals surface area contributed by atoms with Gasteiger partial charge in [0.25, 0.3) is 5.92 Å². The predicted molar refractivity (Wildman–Crippen MR) is 70.8 cm³/mol. The van der Waals surface area contributed by atoms with Gasteiger partial charge in [0.1, 0.15) is 0 Å². The highest BCUT2D eigenvalue weighted by molar-refractivity contribution is 5.82. The fourth-order valence-electron chi connectivity index (χ4n) is 2.67. The van der Waals surface area contributed by atoms with Crippen LogP contribution in [0.25, 0.3) is 0 Å². The van der Waals surface area contributed by atoms with Crippen molar-refractivity contribution < 1.29 is 18.3 Å². The molecule has 5 nitrogen and oxygen atoms in total. The van der Waals surface area contributed by atoms with E-state index in [-0.39, 0.29) is 11.5 Å². The fourth-order valence-corrected chi connectivity index (χ4v) is 2.67. The smallest absolute Gasteiger partial charge is 0.262 e. The van der Waals surface area contributed by atoms with Gasteiger partial charge in [0.05, 0.1) is 24.8 Å². The van der Waals surface area contributed by atoms with Crippen molar-refractivity contribution in [1.29, 1.82) is 0 Å². The molecule has 20 heavy (non-hydrogen) atoms. The van der Waals surface area contributed by atoms with Crippen molar-refractivity contribution in [2.24, 2.45) is 0 Å². The molecule has 7 heteroatoms. The Bertz CT molecular complexity index is 364. The van der Waals surface area contributed by atoms with Gasteiger partial charge in [0, 0.05) is 32.6 Å². The third-order valence-corrected chi connectivity index (χ3v) is 3.66. The van der Waals surface area contributed by atoms with Gasteiger partial charge < -0.3 is 10.1 Å². The number of nitrogens with one attached hydrogen (secondary N) is 2. The second kappa shape index (κ2) is 5.91. The van der Waals surface area contributed by atoms with E-state index in [2.05, 4.69) is 15.5 Å². The van der Waals surface area contributed by atoms with E-state index in [1.807, 2.05) is 13.8 Å². The average molecular weight is 291 g/mol. The van der Waals surface area contributed by atoms with Gasteiger partial charge in [0.2, 0.25) is 5.91 Å². The van der Waals surface area contributed by atoms with Crippen LogP contribution in [0.2, 0.25) is 0 Å². The maximum Gasteiger partial charge on any atom is 0.262 e. The number of nitrogens with zero attached hydrogens (tertiary/aromatic N) is 1. The Morgan fingerprint density at radius 3 is 2.85 bits per heavy atom. The minimum atomic E-state index is -2.77. The highest BCUT2D eigenvalue weighted by Crippen LogP contribution is 2.25. The summed E-state index contributed by atoms with van der Waals surface area (Å²) in [6.07, 6.45) is -0.413. The summed E-state index contributed by atoms with van der Waals surface area (Å²) in [5, 5.41) is 5.27. The van der Waals surface area contributed by atoms with Crippen LogP contribution in [0.4, 0.5) is 8.78 Å². The SMILES string of the molecule is CC1(C)CN(CCNC(=O)C2CC(F)(F)CN2)CCO1. The summed E-state index contributed by atoms with van der Waals surface area (Å²) in [7, 11) is 0. The average Bonchev–Trinajstić information content (AvgIpc) is 2.68. The molecule has 0 spiro atoms. The molecule has 2 heterocycles. The lowest BCUT2D eigenvalue weighted by atomic mass is 10.1. The number of rotatable bonds is 4. The molecule has 2 fully saturated rings. The van der Waals surface area contributed by atoms with Gasteiger partial charge in [0.15, 0.2) is 0 Å². The van der Waals surface area contributed by atoms with Gasteiger partial charge in [-0.05, 0) is 13.8 Å². The Kier molecular flexibility index (Phi) is 4.61. The molecule has 2 aliphatic heterocycles. The lowest BCUT2D eigenvalue weighted by Gasteiger charge is -2.38. The monoisotopic (exact) mass is 291 g/mol. The van der Waals surface area contributed by atoms with Crippen molar-refractivity contribution in [1.82, 2.24) is 15.5 Å². The summed E-state index contributed by atoms with van der Waals surface area (Å²) < 4.78 is 31.6. The molecule has 116 valence electrons. The molecule has 0 saturated carbocycles. The van der Waals surface area contributed by atoms with Crippen molar-refractivity contribution in [2.75, 3.05) is 39.3 Å². The maximum atomic E-state index is 13.0. The van der Waals surface area contributed by atoms with Gasteiger partial charge >= 0.3 is 0 Å². The molecule has 2 rings (SSSR count). The van der Waals surface area contributed by atoms with Crippen LogP contribution in [-0.4, -0.2) is 67.7 Å². The summed E-state index contributed by atoms with van der Waals surface area (Å²) in [5.41, 5.74) is -0.169. The van der Waals surface area contributed by atoms with E-state index in [9.17, 15) is 13.6 Å². The fraction of sp³-hybridized carbons (Fsp3) is 0.923. The van der Waals surface area contributed by atoms with E-state index in [4.69, 9.17) is 4.74 Å². The van der Waals surface area contributed by atoms with Crippen LogP contribution in [0.3, 0.4) is 0 Å². The van der Waals surface area contributed by atoms with Crippen LogP contribution in [0, 0.1) is 0 Å². The Balaban J connectivity index is 1.67. The molecular formula is C13H23F2N3O2. The zero-order chi connectivity index (χ0) is 14.8. The van der Waals surface area contributed by atoms with Gasteiger partial charge in [-0.2, -0.15) is 0 Å². The first-order valence-corrected chi connectivity index (χ1v) is 7.03. The number of halogens is 2. The van der Waals surface area contributed by atoms with Crippen molar-refractivity contribution >= 4 is 5.91 Å². The Morgan fingerprint density at radius 1 is 1.50 bits per heavy atom. The summed E-state index contributed by atoms with van der Waals surface area (Å²) in [6.45, 7) is 7.15. The lowest BCUT2D eigenvalue weighted by molar-refractivity contribution is -0.123. The Morgan fingerprint density at radius 2 is 2.25 bits per heavy atom. The van der Waals surface area contributed by atoms with E-state index in [1.165, 1.54) is 0 Å². The number of ether oxygens (including phenoxy) is 1. The summed E-state index contributed by atoms with van der Waals surface area (Å²) >= 11 is 0. The Labute approximate surface area is 118 Å². The molecule has 0 bridgehead atoms. The molecule has 1 atom stereocenters. The third kappa shape index (κ3) is 4.36. The quantitative estimate of drug-likeness (QED) is 0.777. The van der Waals surface area contributed by atoms with E-state index in [0.717, 1.165) is 13.1 Å². The highest BCUT2D eigenvalue weighted by Gasteiger charge is 2.42. The molecule has 2 aliphatic rings. The third-order valence-electron chi connectivity index (χ3n) is 3.66. The molecule has 2 saturated heterocycles. The van der Waals surface area contributed by atoms with Gasteiger partial charge in [-0.15, -0.1) is 0 Å². The number of carbonyl (C=O) groups is 1. The first-order valence-electron chi connectivity index (χ1n) is 7.03. The van der Waals surface area contributed by atoms with Crippen LogP contribution in [-0.2, 0) is 9.53 Å². The van der Waals surface area contributed by atoms with Crippen LogP contribution in [0.15, 0.2) is 0 Å². The normalized spacial score (nSPS) is 29.3. The van der Waals surface area contributed by atoms with E-state index in [1.54, 1.807) is 0 Å². The molecule has 0 aromatic rings. The standard InChI is InChI=1S/C13H23F2N3O2/c1-12(2)9-18(5-6-20-12)4-3-16-11(19)10-7-13(14,15)8-17-10/h10,17H,3-9H2,1-2H3,(H,16,19). The highest BCUT2D eigenvalue weighted by atomic mass is 19.3. The number of alkyl halides is 2. The molecule has 0 aliphatic carbocycles. The van der Waals surface area contributed by atoms with E-state index in [0.29, 0.717) is 19.7 Å². The summed E-state index contributed by atoms with van der Waals surface area (Å²) in [4.78, 5) is 14.0. The minimum Gasteiger partial charge on any atom is -0.373 e. The molecule has 2 N–H and O–H groups in total. The molecule has 0 aromatic heterocycles. The summed E-state index contributed by atoms with van der Waals surface area (Å²) in [6, 6.07) is -0.772. The van der Waals surface area contributed by atoms with Crippen LogP contribution >= 0.6 is 0 Å². The number of hydrogen-bond acceptors (Lipinski definition) is 4. The van der Waals surface area contributed by atoms with Crippen LogP contribution in [0.1, 0.15) is 20.3 Å². The topological polar surface area (TPSA) is 53.6 Å². The molecule has 1 unspecified atom stereocenters. The van der Waals surface area contributed by atoms with Crippen molar-refractivity contribution in [3.8, 4) is 0 Å². The van der Waals surface area contributed by atoms with Crippen LogP contribution in [0.5, 0.6) is 0 Å². The second-order valence-electron chi connectivity index (χ2n) is 6.17. The zero-order valence-electron chi connectivity index (χ0n) is 12.0. The second-order valence-corrected chi connectivity index (χ2v) is 6.17. The van der Waals surface area contributed by atoms with Crippen molar-refractivity contribution in [2.45, 2.75) is 37.8 Å².